The van der Waals surface area contributed by atoms with Crippen molar-refractivity contribution >= 4 is 35.8 Å². The third-order valence-corrected chi connectivity index (χ3v) is 5.24. The third kappa shape index (κ3) is 7.17. The van der Waals surface area contributed by atoms with Crippen molar-refractivity contribution in [2.75, 3.05) is 31.6 Å². The minimum Gasteiger partial charge on any atom is -0.356 e. The summed E-state index contributed by atoms with van der Waals surface area (Å²) in [6.07, 6.45) is 3.18. The quantitative estimate of drug-likeness (QED) is 0.365. The van der Waals surface area contributed by atoms with Crippen molar-refractivity contribution in [2.45, 2.75) is 46.1 Å². The summed E-state index contributed by atoms with van der Waals surface area (Å²) in [4.78, 5) is 11.4. The van der Waals surface area contributed by atoms with Crippen LogP contribution in [-0.4, -0.2) is 43.7 Å². The molecule has 6 heteroatoms. The van der Waals surface area contributed by atoms with Crippen LogP contribution in [0.15, 0.2) is 41.4 Å². The SMILES string of the molecule is CN=C(NCCc1cc(C)cc(C)c1)NC1CCN(c2cccc(C)n2)CC1.I. The number of guanidine groups is 1. The van der Waals surface area contributed by atoms with Crippen LogP contribution in [0.4, 0.5) is 5.82 Å². The van der Waals surface area contributed by atoms with Gasteiger partial charge >= 0.3 is 0 Å². The number of aromatic nitrogens is 1. The van der Waals surface area contributed by atoms with Gasteiger partial charge in [0.15, 0.2) is 5.96 Å². The number of nitrogens with zero attached hydrogens (tertiary/aromatic N) is 3. The largest absolute Gasteiger partial charge is 0.356 e. The van der Waals surface area contributed by atoms with Crippen LogP contribution in [0.2, 0.25) is 0 Å². The van der Waals surface area contributed by atoms with Gasteiger partial charge in [-0.25, -0.2) is 4.98 Å². The molecule has 0 amide bonds. The van der Waals surface area contributed by atoms with Crippen molar-refractivity contribution in [3.05, 3.63) is 58.8 Å². The minimum absolute atomic E-state index is 0. The van der Waals surface area contributed by atoms with Crippen LogP contribution in [0, 0.1) is 20.8 Å². The summed E-state index contributed by atoms with van der Waals surface area (Å²) in [6.45, 7) is 9.29. The van der Waals surface area contributed by atoms with Crippen molar-refractivity contribution in [3.8, 4) is 0 Å². The molecular formula is C23H34IN5. The summed E-state index contributed by atoms with van der Waals surface area (Å²) in [5, 5.41) is 7.06. The molecule has 5 nitrogen and oxygen atoms in total. The van der Waals surface area contributed by atoms with Crippen molar-refractivity contribution in [2.24, 2.45) is 4.99 Å². The number of hydrogen-bond donors (Lipinski definition) is 2. The second-order valence-electron chi connectivity index (χ2n) is 7.79. The maximum atomic E-state index is 4.65. The zero-order valence-electron chi connectivity index (χ0n) is 18.0. The first-order valence-electron chi connectivity index (χ1n) is 10.3. The van der Waals surface area contributed by atoms with Crippen LogP contribution in [0.1, 0.15) is 35.2 Å². The molecule has 1 aliphatic rings. The topological polar surface area (TPSA) is 52.6 Å². The zero-order valence-corrected chi connectivity index (χ0v) is 20.4. The fraction of sp³-hybridized carbons (Fsp3) is 0.478. The number of anilines is 1. The van der Waals surface area contributed by atoms with E-state index in [0.717, 1.165) is 56.4 Å². The molecule has 2 N–H and O–H groups in total. The number of nitrogens with one attached hydrogen (secondary N) is 2. The Hall–Kier alpha value is -1.83. The fourth-order valence-corrected chi connectivity index (χ4v) is 3.88. The Kier molecular flexibility index (Phi) is 9.20. The van der Waals surface area contributed by atoms with Gasteiger partial charge < -0.3 is 15.5 Å². The van der Waals surface area contributed by atoms with Gasteiger partial charge in [0.1, 0.15) is 5.82 Å². The van der Waals surface area contributed by atoms with E-state index in [-0.39, 0.29) is 24.0 Å². The monoisotopic (exact) mass is 507 g/mol. The molecule has 2 heterocycles. The van der Waals surface area contributed by atoms with Crippen LogP contribution in [0.5, 0.6) is 0 Å². The number of aliphatic imine (C=N–C) groups is 1. The lowest BCUT2D eigenvalue weighted by Gasteiger charge is -2.34. The van der Waals surface area contributed by atoms with Gasteiger partial charge in [0.05, 0.1) is 0 Å². The molecule has 3 rings (SSSR count). The number of hydrogen-bond acceptors (Lipinski definition) is 3. The maximum absolute atomic E-state index is 4.65. The zero-order chi connectivity index (χ0) is 19.9. The van der Waals surface area contributed by atoms with Gasteiger partial charge in [-0.2, -0.15) is 0 Å². The lowest BCUT2D eigenvalue weighted by Crippen LogP contribution is -2.49. The molecule has 1 saturated heterocycles. The fourth-order valence-electron chi connectivity index (χ4n) is 3.88. The first-order chi connectivity index (χ1) is 13.5. The minimum atomic E-state index is 0. The highest BCUT2D eigenvalue weighted by molar-refractivity contribution is 14.0. The highest BCUT2D eigenvalue weighted by atomic mass is 127. The van der Waals surface area contributed by atoms with E-state index >= 15 is 0 Å². The van der Waals surface area contributed by atoms with Crippen LogP contribution in [0.25, 0.3) is 0 Å². The van der Waals surface area contributed by atoms with Crippen molar-refractivity contribution in [1.29, 1.82) is 0 Å². The number of aryl methyl sites for hydroxylation is 3. The Morgan fingerprint density at radius 2 is 1.79 bits per heavy atom. The normalized spacial score (nSPS) is 15.0. The van der Waals surface area contributed by atoms with E-state index < -0.39 is 0 Å². The van der Waals surface area contributed by atoms with Crippen LogP contribution in [-0.2, 0) is 6.42 Å². The number of pyridine rings is 1. The van der Waals surface area contributed by atoms with Gasteiger partial charge in [-0.05, 0) is 57.7 Å². The van der Waals surface area contributed by atoms with E-state index in [0.29, 0.717) is 6.04 Å². The van der Waals surface area contributed by atoms with Gasteiger partial charge in [0.2, 0.25) is 0 Å². The summed E-state index contributed by atoms with van der Waals surface area (Å²) < 4.78 is 0. The predicted molar refractivity (Wildman–Crippen MR) is 134 cm³/mol. The Morgan fingerprint density at radius 1 is 1.10 bits per heavy atom. The molecule has 0 aliphatic carbocycles. The molecule has 0 saturated carbocycles. The average molecular weight is 507 g/mol. The summed E-state index contributed by atoms with van der Waals surface area (Å²) >= 11 is 0. The molecule has 0 spiro atoms. The van der Waals surface area contributed by atoms with Crippen molar-refractivity contribution in [3.63, 3.8) is 0 Å². The van der Waals surface area contributed by atoms with E-state index in [9.17, 15) is 0 Å². The molecule has 0 bridgehead atoms. The average Bonchev–Trinajstić information content (AvgIpc) is 2.67. The first-order valence-corrected chi connectivity index (χ1v) is 10.3. The summed E-state index contributed by atoms with van der Waals surface area (Å²) in [6, 6.07) is 13.4. The molecule has 0 atom stereocenters. The molecule has 0 radical (unpaired) electrons. The van der Waals surface area contributed by atoms with Crippen LogP contribution >= 0.6 is 24.0 Å². The summed E-state index contributed by atoms with van der Waals surface area (Å²) in [5.74, 6) is 1.99. The molecule has 1 fully saturated rings. The summed E-state index contributed by atoms with van der Waals surface area (Å²) in [7, 11) is 1.85. The smallest absolute Gasteiger partial charge is 0.191 e. The van der Waals surface area contributed by atoms with E-state index in [1.54, 1.807) is 0 Å². The highest BCUT2D eigenvalue weighted by Gasteiger charge is 2.20. The predicted octanol–water partition coefficient (Wildman–Crippen LogP) is 4.00. The molecule has 158 valence electrons. The van der Waals surface area contributed by atoms with E-state index in [1.807, 2.05) is 20.0 Å². The van der Waals surface area contributed by atoms with E-state index in [2.05, 4.69) is 69.7 Å². The lowest BCUT2D eigenvalue weighted by atomic mass is 10.0. The van der Waals surface area contributed by atoms with Crippen LogP contribution in [0.3, 0.4) is 0 Å². The highest BCUT2D eigenvalue weighted by Crippen LogP contribution is 2.18. The molecular weight excluding hydrogens is 473 g/mol. The molecule has 1 aliphatic heterocycles. The number of rotatable bonds is 5. The number of benzene rings is 1. The lowest BCUT2D eigenvalue weighted by molar-refractivity contribution is 0.459. The molecule has 29 heavy (non-hydrogen) atoms. The third-order valence-electron chi connectivity index (χ3n) is 5.24. The maximum Gasteiger partial charge on any atom is 0.191 e. The van der Waals surface area contributed by atoms with Gasteiger partial charge in [0, 0.05) is 38.4 Å². The second kappa shape index (κ2) is 11.4. The molecule has 0 unspecified atom stereocenters. The Morgan fingerprint density at radius 3 is 2.41 bits per heavy atom. The standard InChI is InChI=1S/C23H33N5.HI/c1-17-14-18(2)16-20(15-17)8-11-25-23(24-4)27-21-9-12-28(13-10-21)22-7-5-6-19(3)26-22;/h5-7,14-16,21H,8-13H2,1-4H3,(H2,24,25,27);1H. The number of piperidine rings is 1. The van der Waals surface area contributed by atoms with Gasteiger partial charge in [-0.15, -0.1) is 24.0 Å². The van der Waals surface area contributed by atoms with Crippen molar-refractivity contribution in [1.82, 2.24) is 15.6 Å². The molecule has 1 aromatic carbocycles. The first kappa shape index (κ1) is 23.4. The number of halogens is 1. The van der Waals surface area contributed by atoms with Crippen LogP contribution < -0.4 is 15.5 Å². The van der Waals surface area contributed by atoms with Gasteiger partial charge in [-0.3, -0.25) is 4.99 Å². The Labute approximate surface area is 192 Å². The van der Waals surface area contributed by atoms with Crippen molar-refractivity contribution < 1.29 is 0 Å². The van der Waals surface area contributed by atoms with Gasteiger partial charge in [0.25, 0.3) is 0 Å². The van der Waals surface area contributed by atoms with E-state index in [4.69, 9.17) is 0 Å². The van der Waals surface area contributed by atoms with Gasteiger partial charge in [-0.1, -0.05) is 35.4 Å². The van der Waals surface area contributed by atoms with E-state index in [1.165, 1.54) is 16.7 Å². The molecule has 2 aromatic rings. The second-order valence-corrected chi connectivity index (χ2v) is 7.79. The Bertz CT molecular complexity index is 792. The Balaban J connectivity index is 0.00000300. The molecule has 1 aromatic heterocycles. The summed E-state index contributed by atoms with van der Waals surface area (Å²) in [5.41, 5.74) is 5.10.